The fourth-order valence-electron chi connectivity index (χ4n) is 4.09. The fraction of sp³-hybridized carbons (Fsp3) is 0.217. The van der Waals surface area contributed by atoms with Gasteiger partial charge in [-0.3, -0.25) is 0 Å². The van der Waals surface area contributed by atoms with Crippen molar-refractivity contribution in [2.24, 2.45) is 14.1 Å². The Bertz CT molecular complexity index is 1110. The average Bonchev–Trinajstić information content (AvgIpc) is 3.29. The number of hydrogen-bond acceptors (Lipinski definition) is 1. The summed E-state index contributed by atoms with van der Waals surface area (Å²) in [7, 11) is 4.05. The summed E-state index contributed by atoms with van der Waals surface area (Å²) in [5.41, 5.74) is 4.32. The molecule has 2 aromatic carbocycles. The maximum atomic E-state index is 6.64. The van der Waals surface area contributed by atoms with Gasteiger partial charge in [0.1, 0.15) is 24.8 Å². The molecule has 5 heteroatoms. The van der Waals surface area contributed by atoms with Gasteiger partial charge in [0.25, 0.3) is 0 Å². The van der Waals surface area contributed by atoms with E-state index in [-0.39, 0.29) is 5.41 Å². The molecule has 0 amide bonds. The molecule has 0 atom stereocenters. The molecule has 4 aromatic rings. The Kier molecular flexibility index (Phi) is 3.50. The van der Waals surface area contributed by atoms with Gasteiger partial charge < -0.3 is 4.74 Å². The molecular formula is C23H24N4O+2. The first-order valence-electron chi connectivity index (χ1n) is 9.47. The lowest BCUT2D eigenvalue weighted by Gasteiger charge is -2.35. The Morgan fingerprint density at radius 3 is 1.61 bits per heavy atom. The van der Waals surface area contributed by atoms with E-state index in [1.54, 1.807) is 0 Å². The van der Waals surface area contributed by atoms with Crippen LogP contribution < -0.4 is 13.9 Å². The number of aryl methyl sites for hydroxylation is 2. The summed E-state index contributed by atoms with van der Waals surface area (Å²) in [6.07, 6.45) is 12.3. The van der Waals surface area contributed by atoms with Crippen molar-refractivity contribution in [3.8, 4) is 22.9 Å². The van der Waals surface area contributed by atoms with Gasteiger partial charge in [0, 0.05) is 16.5 Å². The minimum absolute atomic E-state index is 0.167. The standard InChI is InChI=1S/C23H24N4O/c1-23(2)17-7-5-9-19(26-13-11-24(3)15-26)21(17)28-22-18(23)8-6-10-20(22)27-14-12-25(4)16-27/h5-16H,1-4H3/q+2. The quantitative estimate of drug-likeness (QED) is 0.496. The topological polar surface area (TPSA) is 26.8 Å². The van der Waals surface area contributed by atoms with Crippen molar-refractivity contribution in [1.82, 2.24) is 9.13 Å². The maximum Gasteiger partial charge on any atom is 0.248 e. The lowest BCUT2D eigenvalue weighted by molar-refractivity contribution is -0.670. The van der Waals surface area contributed by atoms with Crippen molar-refractivity contribution in [3.63, 3.8) is 0 Å². The second-order valence-electron chi connectivity index (χ2n) is 8.01. The predicted molar refractivity (Wildman–Crippen MR) is 106 cm³/mol. The van der Waals surface area contributed by atoms with E-state index >= 15 is 0 Å². The molecule has 3 heterocycles. The van der Waals surface area contributed by atoms with Crippen molar-refractivity contribution >= 4 is 0 Å². The molecule has 0 aliphatic carbocycles. The van der Waals surface area contributed by atoms with Crippen LogP contribution in [0.2, 0.25) is 0 Å². The van der Waals surface area contributed by atoms with Crippen LogP contribution in [0.25, 0.3) is 11.4 Å². The second-order valence-corrected chi connectivity index (χ2v) is 8.01. The molecule has 2 aromatic heterocycles. The zero-order valence-electron chi connectivity index (χ0n) is 16.6. The van der Waals surface area contributed by atoms with Crippen LogP contribution >= 0.6 is 0 Å². The van der Waals surface area contributed by atoms with Crippen LogP contribution in [0.5, 0.6) is 11.5 Å². The second kappa shape index (κ2) is 5.83. The minimum Gasteiger partial charge on any atom is -0.448 e. The third-order valence-corrected chi connectivity index (χ3v) is 5.63. The summed E-state index contributed by atoms with van der Waals surface area (Å²) in [6.45, 7) is 4.54. The number of para-hydroxylation sites is 2. The first kappa shape index (κ1) is 16.8. The van der Waals surface area contributed by atoms with Crippen LogP contribution in [0.3, 0.4) is 0 Å². The summed E-state index contributed by atoms with van der Waals surface area (Å²) in [5.74, 6) is 1.83. The number of fused-ring (bicyclic) bond motifs is 2. The third-order valence-electron chi connectivity index (χ3n) is 5.63. The molecule has 5 rings (SSSR count). The van der Waals surface area contributed by atoms with Crippen LogP contribution in [0.4, 0.5) is 0 Å². The van der Waals surface area contributed by atoms with Crippen LogP contribution in [0.15, 0.2) is 73.8 Å². The van der Waals surface area contributed by atoms with E-state index in [4.69, 9.17) is 4.74 Å². The van der Waals surface area contributed by atoms with E-state index in [9.17, 15) is 0 Å². The lowest BCUT2D eigenvalue weighted by Crippen LogP contribution is -2.26. The summed E-state index contributed by atoms with van der Waals surface area (Å²) in [4.78, 5) is 0. The molecular weight excluding hydrogens is 348 g/mol. The van der Waals surface area contributed by atoms with Crippen molar-refractivity contribution < 1.29 is 13.9 Å². The highest BCUT2D eigenvalue weighted by Crippen LogP contribution is 2.51. The van der Waals surface area contributed by atoms with Crippen molar-refractivity contribution in [1.29, 1.82) is 0 Å². The molecule has 28 heavy (non-hydrogen) atoms. The average molecular weight is 372 g/mol. The number of imidazole rings is 2. The summed E-state index contributed by atoms with van der Waals surface area (Å²) < 4.78 is 14.9. The molecule has 0 saturated heterocycles. The zero-order valence-corrected chi connectivity index (χ0v) is 16.6. The molecule has 140 valence electrons. The number of ether oxygens (including phenoxy) is 1. The molecule has 0 fully saturated rings. The Hall–Kier alpha value is -3.34. The van der Waals surface area contributed by atoms with E-state index < -0.39 is 0 Å². The lowest BCUT2D eigenvalue weighted by atomic mass is 9.75. The van der Waals surface area contributed by atoms with Gasteiger partial charge in [0.05, 0.1) is 14.1 Å². The van der Waals surface area contributed by atoms with E-state index in [1.807, 2.05) is 35.6 Å². The Morgan fingerprint density at radius 1 is 0.750 bits per heavy atom. The van der Waals surface area contributed by atoms with Crippen molar-refractivity contribution in [3.05, 3.63) is 85.0 Å². The van der Waals surface area contributed by atoms with Crippen LogP contribution in [-0.4, -0.2) is 9.13 Å². The monoisotopic (exact) mass is 372 g/mol. The Labute approximate surface area is 164 Å². The SMILES string of the molecule is C[n+]1ccn(-c2cccc3c2Oc2c(-n4cc[n+](C)c4)cccc2C3(C)C)c1. The maximum absolute atomic E-state index is 6.64. The van der Waals surface area contributed by atoms with Gasteiger partial charge in [-0.2, -0.15) is 9.13 Å². The number of aromatic nitrogens is 4. The number of benzene rings is 2. The highest BCUT2D eigenvalue weighted by atomic mass is 16.5. The van der Waals surface area contributed by atoms with Crippen molar-refractivity contribution in [2.75, 3.05) is 0 Å². The molecule has 0 N–H and O–H groups in total. The highest BCUT2D eigenvalue weighted by molar-refractivity contribution is 5.67. The van der Waals surface area contributed by atoms with Gasteiger partial charge >= 0.3 is 0 Å². The minimum atomic E-state index is -0.167. The van der Waals surface area contributed by atoms with E-state index in [1.165, 1.54) is 11.1 Å². The number of nitrogens with zero attached hydrogens (tertiary/aromatic N) is 4. The molecule has 0 unspecified atom stereocenters. The number of hydrogen-bond donors (Lipinski definition) is 0. The van der Waals surface area contributed by atoms with Gasteiger partial charge in [-0.1, -0.05) is 38.1 Å². The normalized spacial score (nSPS) is 14.3. The summed E-state index contributed by atoms with van der Waals surface area (Å²) in [5, 5.41) is 0. The largest absolute Gasteiger partial charge is 0.448 e. The first-order valence-corrected chi connectivity index (χ1v) is 9.47. The molecule has 1 aliphatic heterocycles. The van der Waals surface area contributed by atoms with Gasteiger partial charge in [0.15, 0.2) is 22.9 Å². The van der Waals surface area contributed by atoms with E-state index in [2.05, 4.69) is 84.4 Å². The molecule has 0 radical (unpaired) electrons. The van der Waals surface area contributed by atoms with Crippen molar-refractivity contribution in [2.45, 2.75) is 19.3 Å². The fourth-order valence-corrected chi connectivity index (χ4v) is 4.09. The molecule has 1 aliphatic rings. The molecule has 5 nitrogen and oxygen atoms in total. The summed E-state index contributed by atoms with van der Waals surface area (Å²) in [6, 6.07) is 12.8. The Balaban J connectivity index is 1.75. The third kappa shape index (κ3) is 2.39. The summed E-state index contributed by atoms with van der Waals surface area (Å²) >= 11 is 0. The molecule has 0 spiro atoms. The molecule has 0 saturated carbocycles. The first-order chi connectivity index (χ1) is 13.4. The van der Waals surface area contributed by atoms with Crippen LogP contribution in [0.1, 0.15) is 25.0 Å². The highest BCUT2D eigenvalue weighted by Gasteiger charge is 2.38. The predicted octanol–water partition coefficient (Wildman–Crippen LogP) is 3.35. The van der Waals surface area contributed by atoms with Gasteiger partial charge in [-0.15, -0.1) is 0 Å². The van der Waals surface area contributed by atoms with Gasteiger partial charge in [0.2, 0.25) is 12.7 Å². The van der Waals surface area contributed by atoms with Crippen LogP contribution in [0, 0.1) is 0 Å². The van der Waals surface area contributed by atoms with Crippen LogP contribution in [-0.2, 0) is 19.5 Å². The zero-order chi connectivity index (χ0) is 19.5. The Morgan fingerprint density at radius 2 is 1.21 bits per heavy atom. The van der Waals surface area contributed by atoms with E-state index in [0.717, 1.165) is 22.9 Å². The van der Waals surface area contributed by atoms with E-state index in [0.29, 0.717) is 0 Å². The van der Waals surface area contributed by atoms with Gasteiger partial charge in [-0.25, -0.2) is 9.13 Å². The smallest absolute Gasteiger partial charge is 0.248 e. The molecule has 0 bridgehead atoms. The van der Waals surface area contributed by atoms with Gasteiger partial charge in [-0.05, 0) is 12.1 Å². The number of rotatable bonds is 2.